The second-order valence-electron chi connectivity index (χ2n) is 8.51. The summed E-state index contributed by atoms with van der Waals surface area (Å²) in [5.74, 6) is -1.61. The molecule has 0 unspecified atom stereocenters. The normalized spacial score (nSPS) is 16.3. The lowest BCUT2D eigenvalue weighted by atomic mass is 10.1. The van der Waals surface area contributed by atoms with Crippen LogP contribution in [0, 0.1) is 11.7 Å². The van der Waals surface area contributed by atoms with Crippen molar-refractivity contribution >= 4 is 29.2 Å². The van der Waals surface area contributed by atoms with Crippen molar-refractivity contribution in [3.8, 4) is 0 Å². The number of aromatic carboxylic acids is 1. The lowest BCUT2D eigenvalue weighted by molar-refractivity contribution is -0.122. The number of anilines is 2. The van der Waals surface area contributed by atoms with Crippen molar-refractivity contribution in [3.05, 3.63) is 59.4 Å². The van der Waals surface area contributed by atoms with E-state index in [9.17, 15) is 23.9 Å². The maximum absolute atomic E-state index is 13.4. The standard InChI is InChI=1S/C24H27FN4O4/c25-18-3-1-2-17(12-18)23(31)27-21-7-6-19(13-20(21)24(32)33)29-10-8-28(9-11-29)15-22(30)26-14-16-4-5-16/h1-3,6-7,12-13,16H,4-5,8-11,14-15H2,(H,26,30)(H,27,31)(H,32,33). The molecule has 1 saturated heterocycles. The summed E-state index contributed by atoms with van der Waals surface area (Å²) >= 11 is 0. The number of hydrogen-bond acceptors (Lipinski definition) is 5. The third kappa shape index (κ3) is 6.07. The number of amides is 2. The Morgan fingerprint density at radius 1 is 1.03 bits per heavy atom. The predicted molar refractivity (Wildman–Crippen MR) is 122 cm³/mol. The van der Waals surface area contributed by atoms with Crippen molar-refractivity contribution in [1.29, 1.82) is 0 Å². The largest absolute Gasteiger partial charge is 0.478 e. The van der Waals surface area contributed by atoms with Gasteiger partial charge in [-0.15, -0.1) is 0 Å². The third-order valence-electron chi connectivity index (χ3n) is 5.96. The van der Waals surface area contributed by atoms with Crippen LogP contribution in [0.2, 0.25) is 0 Å². The minimum atomic E-state index is -1.17. The molecule has 1 aliphatic heterocycles. The second kappa shape index (κ2) is 9.99. The van der Waals surface area contributed by atoms with Gasteiger partial charge in [-0.3, -0.25) is 14.5 Å². The molecule has 2 aliphatic rings. The van der Waals surface area contributed by atoms with Crippen LogP contribution in [-0.4, -0.2) is 67.1 Å². The molecule has 1 saturated carbocycles. The summed E-state index contributed by atoms with van der Waals surface area (Å²) in [5, 5.41) is 15.2. The molecule has 9 heteroatoms. The van der Waals surface area contributed by atoms with Crippen LogP contribution in [0.15, 0.2) is 42.5 Å². The molecule has 0 bridgehead atoms. The van der Waals surface area contributed by atoms with Crippen molar-refractivity contribution < 1.29 is 23.9 Å². The lowest BCUT2D eigenvalue weighted by Crippen LogP contribution is -2.49. The Morgan fingerprint density at radius 2 is 1.79 bits per heavy atom. The monoisotopic (exact) mass is 454 g/mol. The van der Waals surface area contributed by atoms with Crippen LogP contribution in [0.3, 0.4) is 0 Å². The van der Waals surface area contributed by atoms with Crippen LogP contribution in [0.4, 0.5) is 15.8 Å². The number of carbonyl (C=O) groups is 3. The van der Waals surface area contributed by atoms with Gasteiger partial charge >= 0.3 is 5.97 Å². The van der Waals surface area contributed by atoms with Gasteiger partial charge in [0, 0.05) is 44.0 Å². The summed E-state index contributed by atoms with van der Waals surface area (Å²) in [6.07, 6.45) is 2.40. The molecule has 2 aromatic rings. The number of nitrogens with one attached hydrogen (secondary N) is 2. The molecule has 1 heterocycles. The maximum Gasteiger partial charge on any atom is 0.337 e. The molecule has 0 aromatic heterocycles. The SMILES string of the molecule is O=C(CN1CCN(c2ccc(NC(=O)c3cccc(F)c3)c(C(=O)O)c2)CC1)NCC1CC1. The second-order valence-corrected chi connectivity index (χ2v) is 8.51. The first-order valence-electron chi connectivity index (χ1n) is 11.1. The number of piperazine rings is 1. The van der Waals surface area contributed by atoms with E-state index in [0.29, 0.717) is 38.6 Å². The van der Waals surface area contributed by atoms with E-state index in [1.807, 2.05) is 0 Å². The number of carboxylic acid groups (broad SMARTS) is 1. The molecule has 33 heavy (non-hydrogen) atoms. The summed E-state index contributed by atoms with van der Waals surface area (Å²) in [6, 6.07) is 10.0. The van der Waals surface area contributed by atoms with Crippen molar-refractivity contribution in [2.45, 2.75) is 12.8 Å². The molecule has 2 aromatic carbocycles. The Morgan fingerprint density at radius 3 is 2.45 bits per heavy atom. The Balaban J connectivity index is 1.36. The first kappa shape index (κ1) is 22.7. The van der Waals surface area contributed by atoms with E-state index < -0.39 is 17.7 Å². The van der Waals surface area contributed by atoms with Crippen LogP contribution >= 0.6 is 0 Å². The molecule has 2 amide bonds. The fraction of sp³-hybridized carbons (Fsp3) is 0.375. The number of rotatable bonds is 8. The minimum absolute atomic E-state index is 0.0425. The smallest absolute Gasteiger partial charge is 0.337 e. The van der Waals surface area contributed by atoms with Gasteiger partial charge in [0.05, 0.1) is 17.8 Å². The molecular weight excluding hydrogens is 427 g/mol. The lowest BCUT2D eigenvalue weighted by Gasteiger charge is -2.36. The van der Waals surface area contributed by atoms with Crippen LogP contribution < -0.4 is 15.5 Å². The average Bonchev–Trinajstić information content (AvgIpc) is 3.63. The predicted octanol–water partition coefficient (Wildman–Crippen LogP) is 2.42. The van der Waals surface area contributed by atoms with Gasteiger partial charge in [-0.05, 0) is 55.2 Å². The molecule has 3 N–H and O–H groups in total. The first-order chi connectivity index (χ1) is 15.9. The Labute approximate surface area is 191 Å². The molecule has 0 radical (unpaired) electrons. The highest BCUT2D eigenvalue weighted by Crippen LogP contribution is 2.27. The molecule has 0 atom stereocenters. The van der Waals surface area contributed by atoms with Gasteiger partial charge < -0.3 is 20.6 Å². The highest BCUT2D eigenvalue weighted by atomic mass is 19.1. The van der Waals surface area contributed by atoms with Crippen LogP contribution in [0.5, 0.6) is 0 Å². The zero-order chi connectivity index (χ0) is 23.4. The van der Waals surface area contributed by atoms with Gasteiger partial charge in [0.2, 0.25) is 5.91 Å². The van der Waals surface area contributed by atoms with E-state index in [-0.39, 0.29) is 22.7 Å². The van der Waals surface area contributed by atoms with Gasteiger partial charge in [-0.2, -0.15) is 0 Å². The third-order valence-corrected chi connectivity index (χ3v) is 5.96. The van der Waals surface area contributed by atoms with E-state index in [0.717, 1.165) is 18.3 Å². The molecule has 4 rings (SSSR count). The molecule has 8 nitrogen and oxygen atoms in total. The van der Waals surface area contributed by atoms with E-state index in [1.165, 1.54) is 37.1 Å². The van der Waals surface area contributed by atoms with E-state index in [2.05, 4.69) is 20.4 Å². The highest BCUT2D eigenvalue weighted by Gasteiger charge is 2.24. The average molecular weight is 455 g/mol. The quantitative estimate of drug-likeness (QED) is 0.566. The van der Waals surface area contributed by atoms with Crippen molar-refractivity contribution in [2.24, 2.45) is 5.92 Å². The Hall–Kier alpha value is -3.46. The van der Waals surface area contributed by atoms with Gasteiger partial charge in [0.1, 0.15) is 5.82 Å². The highest BCUT2D eigenvalue weighted by molar-refractivity contribution is 6.08. The van der Waals surface area contributed by atoms with Gasteiger partial charge in [0.25, 0.3) is 5.91 Å². The molecule has 1 aliphatic carbocycles. The molecule has 2 fully saturated rings. The summed E-state index contributed by atoms with van der Waals surface area (Å²) in [5.41, 5.74) is 0.937. The number of carbonyl (C=O) groups excluding carboxylic acids is 2. The van der Waals surface area contributed by atoms with E-state index in [4.69, 9.17) is 0 Å². The summed E-state index contributed by atoms with van der Waals surface area (Å²) < 4.78 is 13.4. The van der Waals surface area contributed by atoms with Crippen LogP contribution in [0.25, 0.3) is 0 Å². The van der Waals surface area contributed by atoms with Gasteiger partial charge in [-0.1, -0.05) is 6.07 Å². The van der Waals surface area contributed by atoms with Crippen molar-refractivity contribution in [3.63, 3.8) is 0 Å². The Bertz CT molecular complexity index is 1050. The van der Waals surface area contributed by atoms with E-state index >= 15 is 0 Å². The maximum atomic E-state index is 13.4. The molecule has 0 spiro atoms. The van der Waals surface area contributed by atoms with E-state index in [1.54, 1.807) is 12.1 Å². The zero-order valence-corrected chi connectivity index (χ0v) is 18.2. The number of benzene rings is 2. The van der Waals surface area contributed by atoms with Crippen LogP contribution in [-0.2, 0) is 4.79 Å². The van der Waals surface area contributed by atoms with Gasteiger partial charge in [0.15, 0.2) is 0 Å². The summed E-state index contributed by atoms with van der Waals surface area (Å²) in [4.78, 5) is 40.5. The number of halogens is 1. The number of carboxylic acids is 1. The topological polar surface area (TPSA) is 102 Å². The fourth-order valence-electron chi connectivity index (χ4n) is 3.84. The number of nitrogens with zero attached hydrogens (tertiary/aromatic N) is 2. The molecule has 174 valence electrons. The Kier molecular flexibility index (Phi) is 6.88. The molecular formula is C24H27FN4O4. The van der Waals surface area contributed by atoms with Crippen molar-refractivity contribution in [2.75, 3.05) is 49.5 Å². The summed E-state index contributed by atoms with van der Waals surface area (Å²) in [6.45, 7) is 3.83. The van der Waals surface area contributed by atoms with Gasteiger partial charge in [-0.25, -0.2) is 9.18 Å². The van der Waals surface area contributed by atoms with Crippen molar-refractivity contribution in [1.82, 2.24) is 10.2 Å². The number of hydrogen-bond donors (Lipinski definition) is 3. The summed E-state index contributed by atoms with van der Waals surface area (Å²) in [7, 11) is 0. The van der Waals surface area contributed by atoms with Crippen LogP contribution in [0.1, 0.15) is 33.6 Å². The zero-order valence-electron chi connectivity index (χ0n) is 18.2. The fourth-order valence-corrected chi connectivity index (χ4v) is 3.84. The first-order valence-corrected chi connectivity index (χ1v) is 11.1. The minimum Gasteiger partial charge on any atom is -0.478 e.